The van der Waals surface area contributed by atoms with E-state index in [0.29, 0.717) is 5.92 Å². The molecule has 0 spiro atoms. The Bertz CT molecular complexity index is 1430. The molecule has 0 bridgehead atoms. The quantitative estimate of drug-likeness (QED) is 0.285. The van der Waals surface area contributed by atoms with Gasteiger partial charge in [-0.2, -0.15) is 4.57 Å². The molecule has 0 radical (unpaired) electrons. The van der Waals surface area contributed by atoms with Gasteiger partial charge in [-0.3, -0.25) is 0 Å². The summed E-state index contributed by atoms with van der Waals surface area (Å²) >= 11 is 0. The van der Waals surface area contributed by atoms with Gasteiger partial charge in [0, 0.05) is 5.39 Å². The maximum Gasteiger partial charge on any atom is 0.295 e. The maximum absolute atomic E-state index is 2.46. The zero-order chi connectivity index (χ0) is 21.7. The van der Waals surface area contributed by atoms with Gasteiger partial charge < -0.3 is 0 Å². The van der Waals surface area contributed by atoms with Gasteiger partial charge in [0.05, 0.1) is 12.6 Å². The topological polar surface area (TPSA) is 8.81 Å². The van der Waals surface area contributed by atoms with Crippen LogP contribution in [-0.4, -0.2) is 4.57 Å². The van der Waals surface area contributed by atoms with E-state index in [1.165, 1.54) is 55.6 Å². The molecule has 0 atom stereocenters. The van der Waals surface area contributed by atoms with Crippen LogP contribution >= 0.6 is 0 Å². The molecule has 0 N–H and O–H groups in total. The predicted molar refractivity (Wildman–Crippen MR) is 131 cm³/mol. The van der Waals surface area contributed by atoms with Crippen LogP contribution in [0.25, 0.3) is 38.9 Å². The van der Waals surface area contributed by atoms with Crippen molar-refractivity contribution in [2.24, 2.45) is 7.05 Å². The van der Waals surface area contributed by atoms with Crippen LogP contribution in [0.4, 0.5) is 0 Å². The van der Waals surface area contributed by atoms with Gasteiger partial charge in [-0.25, -0.2) is 4.57 Å². The molecule has 0 unspecified atom stereocenters. The zero-order valence-electron chi connectivity index (χ0n) is 19.0. The fourth-order valence-corrected chi connectivity index (χ4v) is 4.67. The second-order valence-electron chi connectivity index (χ2n) is 8.94. The van der Waals surface area contributed by atoms with E-state index in [1.807, 2.05) is 0 Å². The summed E-state index contributed by atoms with van der Waals surface area (Å²) in [4.78, 5) is 0. The molecule has 1 heterocycles. The number of benzene rings is 4. The van der Waals surface area contributed by atoms with Crippen LogP contribution in [0.15, 0.2) is 78.9 Å². The third-order valence-electron chi connectivity index (χ3n) is 6.44. The number of fused-ring (bicyclic) bond motifs is 2. The van der Waals surface area contributed by atoms with E-state index >= 15 is 0 Å². The maximum atomic E-state index is 2.46. The number of aromatic nitrogens is 2. The van der Waals surface area contributed by atoms with Crippen molar-refractivity contribution in [1.82, 2.24) is 4.57 Å². The first-order valence-corrected chi connectivity index (χ1v) is 11.1. The van der Waals surface area contributed by atoms with E-state index in [1.54, 1.807) is 0 Å². The van der Waals surface area contributed by atoms with Crippen LogP contribution in [0.2, 0.25) is 0 Å². The van der Waals surface area contributed by atoms with Crippen molar-refractivity contribution in [3.63, 3.8) is 0 Å². The minimum absolute atomic E-state index is 0.481. The van der Waals surface area contributed by atoms with Gasteiger partial charge in [0.25, 0.3) is 5.82 Å². The molecular weight excluding hydrogens is 376 g/mol. The molecule has 0 aliphatic carbocycles. The highest BCUT2D eigenvalue weighted by molar-refractivity contribution is 5.93. The van der Waals surface area contributed by atoms with Crippen LogP contribution in [0.3, 0.4) is 0 Å². The molecule has 1 aromatic heterocycles. The summed E-state index contributed by atoms with van der Waals surface area (Å²) < 4.78 is 4.81. The minimum Gasteiger partial charge on any atom is -0.225 e. The first-order chi connectivity index (χ1) is 15.0. The number of aryl methyl sites for hydroxylation is 3. The molecule has 0 amide bonds. The van der Waals surface area contributed by atoms with Crippen LogP contribution < -0.4 is 4.57 Å². The number of hydrogen-bond donors (Lipinski definition) is 0. The summed E-state index contributed by atoms with van der Waals surface area (Å²) in [7, 11) is 2.19. The average molecular weight is 406 g/mol. The molecule has 0 aliphatic heterocycles. The van der Waals surface area contributed by atoms with Gasteiger partial charge in [-0.1, -0.05) is 74.0 Å². The van der Waals surface area contributed by atoms with Crippen LogP contribution in [0.5, 0.6) is 0 Å². The smallest absolute Gasteiger partial charge is 0.225 e. The summed E-state index contributed by atoms with van der Waals surface area (Å²) in [6.45, 7) is 8.90. The molecule has 31 heavy (non-hydrogen) atoms. The molecule has 4 aromatic carbocycles. The Morgan fingerprint density at radius 2 is 1.58 bits per heavy atom. The molecule has 5 aromatic rings. The zero-order valence-corrected chi connectivity index (χ0v) is 19.0. The monoisotopic (exact) mass is 405 g/mol. The largest absolute Gasteiger partial charge is 0.295 e. The van der Waals surface area contributed by atoms with Crippen LogP contribution in [0, 0.1) is 13.8 Å². The fourth-order valence-electron chi connectivity index (χ4n) is 4.67. The second-order valence-corrected chi connectivity index (χ2v) is 8.94. The Morgan fingerprint density at radius 3 is 2.39 bits per heavy atom. The Balaban J connectivity index is 1.97. The predicted octanol–water partition coefficient (Wildman–Crippen LogP) is 7.02. The Morgan fingerprint density at radius 1 is 0.806 bits per heavy atom. The Hall–Kier alpha value is -3.39. The van der Waals surface area contributed by atoms with Crippen LogP contribution in [0.1, 0.15) is 36.5 Å². The van der Waals surface area contributed by atoms with Crippen molar-refractivity contribution >= 4 is 21.8 Å². The van der Waals surface area contributed by atoms with Gasteiger partial charge in [0.1, 0.15) is 5.69 Å². The van der Waals surface area contributed by atoms with Crippen molar-refractivity contribution in [2.45, 2.75) is 33.6 Å². The van der Waals surface area contributed by atoms with Crippen molar-refractivity contribution in [2.75, 3.05) is 0 Å². The van der Waals surface area contributed by atoms with E-state index in [2.05, 4.69) is 123 Å². The number of imidazole rings is 1. The minimum atomic E-state index is 0.481. The molecular formula is C29H29N2+. The van der Waals surface area contributed by atoms with Crippen molar-refractivity contribution in [3.8, 4) is 17.1 Å². The first-order valence-electron chi connectivity index (χ1n) is 11.1. The lowest BCUT2D eigenvalue weighted by Crippen LogP contribution is -2.30. The highest BCUT2D eigenvalue weighted by Gasteiger charge is 2.28. The molecule has 154 valence electrons. The Labute approximate surface area is 184 Å². The van der Waals surface area contributed by atoms with E-state index in [-0.39, 0.29) is 0 Å². The van der Waals surface area contributed by atoms with Gasteiger partial charge in [-0.15, -0.1) is 0 Å². The van der Waals surface area contributed by atoms with E-state index in [9.17, 15) is 0 Å². The van der Waals surface area contributed by atoms with Gasteiger partial charge in [0.2, 0.25) is 0 Å². The highest BCUT2D eigenvalue weighted by Crippen LogP contribution is 2.34. The van der Waals surface area contributed by atoms with Crippen molar-refractivity contribution < 1.29 is 4.57 Å². The molecule has 0 fully saturated rings. The van der Waals surface area contributed by atoms with Gasteiger partial charge >= 0.3 is 0 Å². The third-order valence-corrected chi connectivity index (χ3v) is 6.44. The Kier molecular flexibility index (Phi) is 4.66. The normalized spacial score (nSPS) is 11.7. The summed E-state index contributed by atoms with van der Waals surface area (Å²) in [6.07, 6.45) is 0. The number of hydrogen-bond acceptors (Lipinski definition) is 0. The lowest BCUT2D eigenvalue weighted by molar-refractivity contribution is -0.633. The molecule has 2 heteroatoms. The SMILES string of the molecule is Cc1ccc(C)c(-c2n(-c3cccc4ccccc34)c3cc(C(C)C)ccc3[n+]2C)c1. The highest BCUT2D eigenvalue weighted by atomic mass is 15.2. The van der Waals surface area contributed by atoms with E-state index < -0.39 is 0 Å². The van der Waals surface area contributed by atoms with E-state index in [0.717, 1.165) is 0 Å². The van der Waals surface area contributed by atoms with Crippen LogP contribution in [-0.2, 0) is 7.05 Å². The molecule has 2 nitrogen and oxygen atoms in total. The van der Waals surface area contributed by atoms with Gasteiger partial charge in [-0.05, 0) is 60.5 Å². The standard InChI is InChI=1S/C29H29N2/c1-19(2)23-15-16-27-28(18-23)31(26-12-8-10-22-9-6-7-11-24(22)26)29(30(27)5)25-17-20(3)13-14-21(25)4/h6-19H,1-5H3/q+1. The summed E-state index contributed by atoms with van der Waals surface area (Å²) in [6, 6.07) is 29.0. The molecule has 5 rings (SSSR count). The van der Waals surface area contributed by atoms with Crippen molar-refractivity contribution in [1.29, 1.82) is 0 Å². The molecule has 0 saturated heterocycles. The van der Waals surface area contributed by atoms with E-state index in [4.69, 9.17) is 0 Å². The summed E-state index contributed by atoms with van der Waals surface area (Å²) in [5, 5.41) is 2.53. The average Bonchev–Trinajstić information content (AvgIpc) is 3.06. The summed E-state index contributed by atoms with van der Waals surface area (Å²) in [5.74, 6) is 1.70. The number of nitrogens with zero attached hydrogens (tertiary/aromatic N) is 2. The number of rotatable bonds is 3. The first kappa shape index (κ1) is 19.6. The molecule has 0 saturated carbocycles. The fraction of sp³-hybridized carbons (Fsp3) is 0.207. The second kappa shape index (κ2) is 7.39. The van der Waals surface area contributed by atoms with Gasteiger partial charge in [0.15, 0.2) is 11.0 Å². The lowest BCUT2D eigenvalue weighted by atomic mass is 10.0. The summed E-state index contributed by atoms with van der Waals surface area (Å²) in [5.41, 5.74) is 8.92. The lowest BCUT2D eigenvalue weighted by Gasteiger charge is -2.10. The third kappa shape index (κ3) is 3.14. The van der Waals surface area contributed by atoms with Crippen molar-refractivity contribution in [3.05, 3.63) is 95.6 Å². The molecule has 0 aliphatic rings.